The third kappa shape index (κ3) is 3.84. The second kappa shape index (κ2) is 8.35. The summed E-state index contributed by atoms with van der Waals surface area (Å²) in [5, 5.41) is 4.48. The summed E-state index contributed by atoms with van der Waals surface area (Å²) in [6.07, 6.45) is 1.63. The van der Waals surface area contributed by atoms with E-state index in [1.54, 1.807) is 17.8 Å². The molecule has 4 rings (SSSR count). The van der Waals surface area contributed by atoms with Gasteiger partial charge in [0, 0.05) is 11.9 Å². The van der Waals surface area contributed by atoms with Crippen LogP contribution in [0.4, 0.5) is 0 Å². The lowest BCUT2D eigenvalue weighted by molar-refractivity contribution is 0.100. The van der Waals surface area contributed by atoms with Crippen LogP contribution in [0.25, 0.3) is 32.9 Å². The van der Waals surface area contributed by atoms with E-state index < -0.39 is 5.91 Å². The van der Waals surface area contributed by atoms with Crippen LogP contribution in [0, 0.1) is 0 Å². The quantitative estimate of drug-likeness (QED) is 0.459. The Labute approximate surface area is 182 Å². The largest absolute Gasteiger partial charge is 0.493 e. The molecule has 3 heterocycles. The lowest BCUT2D eigenvalue weighted by Gasteiger charge is -2.11. The lowest BCUT2D eigenvalue weighted by Crippen LogP contribution is -2.12. The SMILES string of the molecule is CCCc1nn(C)c2c(=O)[nH]c(-c3cc(-c4ccc(C(N)=O)s4)ccc3OCC)nc12. The predicted molar refractivity (Wildman–Crippen MR) is 122 cm³/mol. The van der Waals surface area contributed by atoms with Gasteiger partial charge in [-0.3, -0.25) is 14.3 Å². The molecular formula is C22H23N5O3S. The standard InChI is InChI=1S/C22H23N5O3S/c1-4-6-14-18-19(27(3)26-14)22(29)25-21(24-18)13-11-12(7-8-15(13)30-5-2)16-9-10-17(31-16)20(23)28/h7-11H,4-6H2,1-3H3,(H2,23,28)(H,24,25,29). The van der Waals surface area contributed by atoms with Crippen LogP contribution in [0.1, 0.15) is 35.6 Å². The number of carbonyl (C=O) groups excluding carboxylic acids is 1. The fraction of sp³-hybridized carbons (Fsp3) is 0.273. The van der Waals surface area contributed by atoms with Gasteiger partial charge in [0.2, 0.25) is 0 Å². The summed E-state index contributed by atoms with van der Waals surface area (Å²) in [6, 6.07) is 9.22. The zero-order chi connectivity index (χ0) is 22.1. The average Bonchev–Trinajstić information content (AvgIpc) is 3.35. The van der Waals surface area contributed by atoms with Crippen LogP contribution >= 0.6 is 11.3 Å². The monoisotopic (exact) mass is 437 g/mol. The number of nitrogens with zero attached hydrogens (tertiary/aromatic N) is 3. The number of aryl methyl sites for hydroxylation is 2. The highest BCUT2D eigenvalue weighted by molar-refractivity contribution is 7.17. The first kappa shape index (κ1) is 20.8. The van der Waals surface area contributed by atoms with Gasteiger partial charge in [-0.25, -0.2) is 4.98 Å². The number of rotatable bonds is 7. The van der Waals surface area contributed by atoms with E-state index in [1.807, 2.05) is 31.2 Å². The molecule has 0 aliphatic heterocycles. The molecule has 0 aliphatic rings. The summed E-state index contributed by atoms with van der Waals surface area (Å²) in [6.45, 7) is 4.43. The number of ether oxygens (including phenoxy) is 1. The number of benzene rings is 1. The molecule has 1 aromatic carbocycles. The van der Waals surface area contributed by atoms with E-state index in [9.17, 15) is 9.59 Å². The third-order valence-electron chi connectivity index (χ3n) is 4.92. The number of primary amides is 1. The number of nitrogens with two attached hydrogens (primary N) is 1. The van der Waals surface area contributed by atoms with Gasteiger partial charge in [-0.15, -0.1) is 11.3 Å². The molecule has 0 saturated heterocycles. The van der Waals surface area contributed by atoms with E-state index in [0.29, 0.717) is 39.7 Å². The number of aromatic nitrogens is 4. The van der Waals surface area contributed by atoms with Crippen molar-refractivity contribution in [1.82, 2.24) is 19.7 Å². The van der Waals surface area contributed by atoms with E-state index in [4.69, 9.17) is 15.5 Å². The fourth-order valence-electron chi connectivity index (χ4n) is 3.55. The van der Waals surface area contributed by atoms with Crippen LogP contribution in [0.3, 0.4) is 0 Å². The van der Waals surface area contributed by atoms with E-state index in [2.05, 4.69) is 17.0 Å². The van der Waals surface area contributed by atoms with Crippen molar-refractivity contribution in [2.24, 2.45) is 12.8 Å². The van der Waals surface area contributed by atoms with E-state index in [1.165, 1.54) is 11.3 Å². The number of amides is 1. The molecule has 3 aromatic heterocycles. The van der Waals surface area contributed by atoms with Crippen LogP contribution in [-0.4, -0.2) is 32.3 Å². The number of thiophene rings is 1. The van der Waals surface area contributed by atoms with Crippen molar-refractivity contribution in [3.8, 4) is 27.6 Å². The van der Waals surface area contributed by atoms with Gasteiger partial charge in [0.25, 0.3) is 11.5 Å². The molecule has 31 heavy (non-hydrogen) atoms. The Kier molecular flexibility index (Phi) is 5.60. The van der Waals surface area contributed by atoms with Gasteiger partial charge in [-0.2, -0.15) is 5.10 Å². The van der Waals surface area contributed by atoms with Crippen molar-refractivity contribution in [1.29, 1.82) is 0 Å². The van der Waals surface area contributed by atoms with Crippen molar-refractivity contribution in [3.05, 3.63) is 51.3 Å². The van der Waals surface area contributed by atoms with Gasteiger partial charge in [0.15, 0.2) is 5.52 Å². The number of hydrogen-bond acceptors (Lipinski definition) is 6. The molecule has 3 N–H and O–H groups in total. The summed E-state index contributed by atoms with van der Waals surface area (Å²) in [5.74, 6) is 0.570. The van der Waals surface area contributed by atoms with Crippen LogP contribution < -0.4 is 16.0 Å². The van der Waals surface area contributed by atoms with Crippen molar-refractivity contribution in [2.75, 3.05) is 6.61 Å². The highest BCUT2D eigenvalue weighted by Crippen LogP contribution is 2.35. The number of nitrogens with one attached hydrogen (secondary N) is 1. The zero-order valence-corrected chi connectivity index (χ0v) is 18.4. The summed E-state index contributed by atoms with van der Waals surface area (Å²) in [4.78, 5) is 33.4. The summed E-state index contributed by atoms with van der Waals surface area (Å²) in [7, 11) is 1.75. The van der Waals surface area contributed by atoms with Gasteiger partial charge < -0.3 is 15.5 Å². The molecule has 0 unspecified atom stereocenters. The Hall–Kier alpha value is -3.46. The van der Waals surface area contributed by atoms with Crippen LogP contribution in [-0.2, 0) is 13.5 Å². The number of carbonyl (C=O) groups is 1. The molecule has 0 radical (unpaired) electrons. The first-order chi connectivity index (χ1) is 14.9. The molecule has 0 aliphatic carbocycles. The molecule has 9 heteroatoms. The maximum absolute atomic E-state index is 12.9. The molecule has 8 nitrogen and oxygen atoms in total. The summed E-state index contributed by atoms with van der Waals surface area (Å²) >= 11 is 1.31. The molecule has 0 bridgehead atoms. The second-order valence-electron chi connectivity index (χ2n) is 7.10. The van der Waals surface area contributed by atoms with Gasteiger partial charge in [0.1, 0.15) is 17.1 Å². The van der Waals surface area contributed by atoms with Gasteiger partial charge in [-0.1, -0.05) is 13.3 Å². The highest BCUT2D eigenvalue weighted by Gasteiger charge is 2.18. The summed E-state index contributed by atoms with van der Waals surface area (Å²) in [5.41, 5.74) is 8.53. The summed E-state index contributed by atoms with van der Waals surface area (Å²) < 4.78 is 7.38. The van der Waals surface area contributed by atoms with Gasteiger partial charge in [0.05, 0.1) is 22.7 Å². The molecule has 0 saturated carbocycles. The minimum Gasteiger partial charge on any atom is -0.493 e. The van der Waals surface area contributed by atoms with E-state index >= 15 is 0 Å². The maximum Gasteiger partial charge on any atom is 0.277 e. The van der Waals surface area contributed by atoms with E-state index in [0.717, 1.165) is 29.0 Å². The third-order valence-corrected chi connectivity index (χ3v) is 6.07. The van der Waals surface area contributed by atoms with Crippen molar-refractivity contribution >= 4 is 28.3 Å². The predicted octanol–water partition coefficient (Wildman–Crippen LogP) is 3.50. The molecule has 4 aromatic rings. The Morgan fingerprint density at radius 2 is 2.06 bits per heavy atom. The van der Waals surface area contributed by atoms with Crippen LogP contribution in [0.15, 0.2) is 35.1 Å². The number of H-pyrrole nitrogens is 1. The number of aromatic amines is 1. The van der Waals surface area contributed by atoms with Gasteiger partial charge >= 0.3 is 0 Å². The molecule has 1 amide bonds. The first-order valence-electron chi connectivity index (χ1n) is 10.1. The second-order valence-corrected chi connectivity index (χ2v) is 8.19. The minimum absolute atomic E-state index is 0.252. The molecular weight excluding hydrogens is 414 g/mol. The highest BCUT2D eigenvalue weighted by atomic mass is 32.1. The van der Waals surface area contributed by atoms with Crippen LogP contribution in [0.5, 0.6) is 5.75 Å². The molecule has 160 valence electrons. The van der Waals surface area contributed by atoms with Crippen molar-refractivity contribution < 1.29 is 9.53 Å². The zero-order valence-electron chi connectivity index (χ0n) is 17.6. The average molecular weight is 438 g/mol. The Morgan fingerprint density at radius 1 is 1.26 bits per heavy atom. The molecule has 0 spiro atoms. The normalized spacial score (nSPS) is 11.2. The topological polar surface area (TPSA) is 116 Å². The molecule has 0 fully saturated rings. The van der Waals surface area contributed by atoms with Gasteiger partial charge in [-0.05, 0) is 49.2 Å². The Morgan fingerprint density at radius 3 is 2.74 bits per heavy atom. The fourth-order valence-corrected chi connectivity index (χ4v) is 4.41. The lowest BCUT2D eigenvalue weighted by atomic mass is 10.1. The van der Waals surface area contributed by atoms with Crippen LogP contribution in [0.2, 0.25) is 0 Å². The van der Waals surface area contributed by atoms with E-state index in [-0.39, 0.29) is 5.56 Å². The van der Waals surface area contributed by atoms with Crippen molar-refractivity contribution in [3.63, 3.8) is 0 Å². The maximum atomic E-state index is 12.9. The number of hydrogen-bond donors (Lipinski definition) is 2. The molecule has 0 atom stereocenters. The Balaban J connectivity index is 1.90. The number of fused-ring (bicyclic) bond motifs is 1. The Bertz CT molecular complexity index is 1330. The minimum atomic E-state index is -0.459. The smallest absolute Gasteiger partial charge is 0.277 e. The first-order valence-corrected chi connectivity index (χ1v) is 10.9. The van der Waals surface area contributed by atoms with Crippen molar-refractivity contribution in [2.45, 2.75) is 26.7 Å².